The molecular formula is C10H17N3O. The standard InChI is InChI=1S/C10H17N3O/c1-8-5-7-12(2)10(14)9(4-6-11)13(8)3/h8-9H,4-5,7H2,1-3H3. The average molecular weight is 195 g/mol. The Morgan fingerprint density at radius 1 is 1.57 bits per heavy atom. The van der Waals surface area contributed by atoms with Gasteiger partial charge in [0.2, 0.25) is 5.91 Å². The van der Waals surface area contributed by atoms with E-state index in [4.69, 9.17) is 5.26 Å². The maximum Gasteiger partial charge on any atom is 0.240 e. The van der Waals surface area contributed by atoms with Gasteiger partial charge in [-0.05, 0) is 20.4 Å². The topological polar surface area (TPSA) is 47.3 Å². The third kappa shape index (κ3) is 2.05. The highest BCUT2D eigenvalue weighted by Gasteiger charge is 2.31. The molecule has 1 heterocycles. The molecule has 0 N–H and O–H groups in total. The lowest BCUT2D eigenvalue weighted by Gasteiger charge is -2.27. The molecule has 0 aromatic heterocycles. The smallest absolute Gasteiger partial charge is 0.240 e. The van der Waals surface area contributed by atoms with Crippen LogP contribution in [-0.2, 0) is 4.79 Å². The van der Waals surface area contributed by atoms with Gasteiger partial charge < -0.3 is 4.90 Å². The minimum absolute atomic E-state index is 0.0680. The van der Waals surface area contributed by atoms with Crippen molar-refractivity contribution in [2.24, 2.45) is 0 Å². The van der Waals surface area contributed by atoms with Crippen LogP contribution in [0.5, 0.6) is 0 Å². The molecule has 4 nitrogen and oxygen atoms in total. The van der Waals surface area contributed by atoms with Gasteiger partial charge in [0.05, 0.1) is 12.5 Å². The van der Waals surface area contributed by atoms with Crippen molar-refractivity contribution in [3.05, 3.63) is 0 Å². The maximum absolute atomic E-state index is 11.8. The Morgan fingerprint density at radius 3 is 2.79 bits per heavy atom. The minimum atomic E-state index is -0.262. The molecule has 0 radical (unpaired) electrons. The largest absolute Gasteiger partial charge is 0.344 e. The van der Waals surface area contributed by atoms with Crippen molar-refractivity contribution in [1.29, 1.82) is 5.26 Å². The molecular weight excluding hydrogens is 178 g/mol. The zero-order chi connectivity index (χ0) is 10.7. The van der Waals surface area contributed by atoms with E-state index in [1.54, 1.807) is 11.9 Å². The van der Waals surface area contributed by atoms with Crippen LogP contribution >= 0.6 is 0 Å². The number of hydrogen-bond donors (Lipinski definition) is 0. The van der Waals surface area contributed by atoms with Gasteiger partial charge in [0.25, 0.3) is 0 Å². The molecule has 0 aliphatic carbocycles. The normalized spacial score (nSPS) is 29.9. The van der Waals surface area contributed by atoms with Crippen LogP contribution in [0.15, 0.2) is 0 Å². The molecule has 0 spiro atoms. The van der Waals surface area contributed by atoms with Gasteiger partial charge in [-0.2, -0.15) is 5.26 Å². The summed E-state index contributed by atoms with van der Waals surface area (Å²) in [5.74, 6) is 0.0680. The number of carbonyl (C=O) groups excluding carboxylic acids is 1. The number of hydrogen-bond acceptors (Lipinski definition) is 3. The predicted octanol–water partition coefficient (Wildman–Crippen LogP) is 0.451. The van der Waals surface area contributed by atoms with Crippen LogP contribution in [-0.4, -0.2) is 48.4 Å². The molecule has 1 amide bonds. The first-order valence-corrected chi connectivity index (χ1v) is 4.91. The van der Waals surface area contributed by atoms with E-state index in [2.05, 4.69) is 13.0 Å². The number of carbonyl (C=O) groups is 1. The van der Waals surface area contributed by atoms with E-state index in [1.807, 2.05) is 11.9 Å². The molecule has 78 valence electrons. The van der Waals surface area contributed by atoms with E-state index in [1.165, 1.54) is 0 Å². The average Bonchev–Trinajstić information content (AvgIpc) is 2.26. The summed E-state index contributed by atoms with van der Waals surface area (Å²) in [4.78, 5) is 15.6. The summed E-state index contributed by atoms with van der Waals surface area (Å²) in [6, 6.07) is 2.18. The molecule has 0 aromatic rings. The van der Waals surface area contributed by atoms with Crippen LogP contribution in [0.1, 0.15) is 19.8 Å². The van der Waals surface area contributed by atoms with Crippen molar-refractivity contribution in [3.63, 3.8) is 0 Å². The van der Waals surface area contributed by atoms with E-state index in [-0.39, 0.29) is 18.4 Å². The van der Waals surface area contributed by atoms with Crippen molar-refractivity contribution in [1.82, 2.24) is 9.80 Å². The Morgan fingerprint density at radius 2 is 2.21 bits per heavy atom. The zero-order valence-electron chi connectivity index (χ0n) is 9.03. The molecule has 1 saturated heterocycles. The lowest BCUT2D eigenvalue weighted by Crippen LogP contribution is -2.44. The Hall–Kier alpha value is -1.08. The lowest BCUT2D eigenvalue weighted by molar-refractivity contribution is -0.133. The molecule has 2 atom stereocenters. The summed E-state index contributed by atoms with van der Waals surface area (Å²) in [6.45, 7) is 2.88. The van der Waals surface area contributed by atoms with Crippen molar-refractivity contribution >= 4 is 5.91 Å². The van der Waals surface area contributed by atoms with Gasteiger partial charge in [-0.15, -0.1) is 0 Å². The Labute approximate surface area is 85.1 Å². The highest BCUT2D eigenvalue weighted by Crippen LogP contribution is 2.16. The number of likely N-dealkylation sites (N-methyl/N-ethyl adjacent to an activating group) is 2. The summed E-state index contributed by atoms with van der Waals surface area (Å²) in [6.07, 6.45) is 1.25. The quantitative estimate of drug-likeness (QED) is 0.610. The van der Waals surface area contributed by atoms with E-state index in [0.29, 0.717) is 6.04 Å². The number of amides is 1. The van der Waals surface area contributed by atoms with Gasteiger partial charge in [0, 0.05) is 19.6 Å². The zero-order valence-corrected chi connectivity index (χ0v) is 9.03. The van der Waals surface area contributed by atoms with E-state index < -0.39 is 0 Å². The SMILES string of the molecule is CC1CCN(C)C(=O)C(CC#N)N1C. The van der Waals surface area contributed by atoms with Crippen LogP contribution < -0.4 is 0 Å². The molecule has 0 aromatic carbocycles. The van der Waals surface area contributed by atoms with Crippen molar-refractivity contribution in [2.75, 3.05) is 20.6 Å². The van der Waals surface area contributed by atoms with Crippen molar-refractivity contribution in [2.45, 2.75) is 31.8 Å². The Bertz CT molecular complexity index is 259. The highest BCUT2D eigenvalue weighted by molar-refractivity contribution is 5.82. The van der Waals surface area contributed by atoms with Crippen LogP contribution in [0.25, 0.3) is 0 Å². The second kappa shape index (κ2) is 4.43. The van der Waals surface area contributed by atoms with Gasteiger partial charge in [-0.3, -0.25) is 9.69 Å². The van der Waals surface area contributed by atoms with Gasteiger partial charge in [-0.1, -0.05) is 0 Å². The van der Waals surface area contributed by atoms with Crippen molar-refractivity contribution in [3.8, 4) is 6.07 Å². The predicted molar refractivity (Wildman–Crippen MR) is 53.5 cm³/mol. The molecule has 1 aliphatic heterocycles. The fraction of sp³-hybridized carbons (Fsp3) is 0.800. The first-order chi connectivity index (χ1) is 6.57. The van der Waals surface area contributed by atoms with Gasteiger partial charge in [0.1, 0.15) is 6.04 Å². The van der Waals surface area contributed by atoms with Gasteiger partial charge in [-0.25, -0.2) is 0 Å². The van der Waals surface area contributed by atoms with E-state index in [9.17, 15) is 4.79 Å². The fourth-order valence-electron chi connectivity index (χ4n) is 1.75. The fourth-order valence-corrected chi connectivity index (χ4v) is 1.75. The molecule has 1 aliphatic rings. The van der Waals surface area contributed by atoms with Gasteiger partial charge in [0.15, 0.2) is 0 Å². The van der Waals surface area contributed by atoms with E-state index >= 15 is 0 Å². The maximum atomic E-state index is 11.8. The number of nitriles is 1. The second-order valence-corrected chi connectivity index (χ2v) is 3.94. The first-order valence-electron chi connectivity index (χ1n) is 4.91. The summed E-state index contributed by atoms with van der Waals surface area (Å²) in [7, 11) is 3.72. The summed E-state index contributed by atoms with van der Waals surface area (Å²) in [5.41, 5.74) is 0. The molecule has 4 heteroatoms. The highest BCUT2D eigenvalue weighted by atomic mass is 16.2. The summed E-state index contributed by atoms with van der Waals surface area (Å²) >= 11 is 0. The van der Waals surface area contributed by atoms with Gasteiger partial charge >= 0.3 is 0 Å². The van der Waals surface area contributed by atoms with Crippen LogP contribution in [0.4, 0.5) is 0 Å². The van der Waals surface area contributed by atoms with Crippen molar-refractivity contribution < 1.29 is 4.79 Å². The molecule has 1 rings (SSSR count). The molecule has 2 unspecified atom stereocenters. The number of rotatable bonds is 1. The number of nitrogens with zero attached hydrogens (tertiary/aromatic N) is 3. The second-order valence-electron chi connectivity index (χ2n) is 3.94. The van der Waals surface area contributed by atoms with Crippen LogP contribution in [0.3, 0.4) is 0 Å². The minimum Gasteiger partial charge on any atom is -0.344 e. The first kappa shape index (κ1) is 11.0. The van der Waals surface area contributed by atoms with E-state index in [0.717, 1.165) is 13.0 Å². The summed E-state index contributed by atoms with van der Waals surface area (Å²) < 4.78 is 0. The molecule has 1 fully saturated rings. The third-order valence-corrected chi connectivity index (χ3v) is 3.02. The monoisotopic (exact) mass is 195 g/mol. The Kier molecular flexibility index (Phi) is 3.48. The Balaban J connectivity index is 2.84. The van der Waals surface area contributed by atoms with Crippen LogP contribution in [0, 0.1) is 11.3 Å². The lowest BCUT2D eigenvalue weighted by atomic mass is 10.1. The molecule has 14 heavy (non-hydrogen) atoms. The third-order valence-electron chi connectivity index (χ3n) is 3.02. The molecule has 0 bridgehead atoms. The summed E-state index contributed by atoms with van der Waals surface area (Å²) in [5, 5.41) is 8.67. The van der Waals surface area contributed by atoms with Crippen LogP contribution in [0.2, 0.25) is 0 Å². The molecule has 0 saturated carbocycles.